The molecule has 1 aromatic rings. The molecular weight excluding hydrogens is 312 g/mol. The van der Waals surface area contributed by atoms with E-state index in [9.17, 15) is 0 Å². The third-order valence-corrected chi connectivity index (χ3v) is 4.98. The summed E-state index contributed by atoms with van der Waals surface area (Å²) in [6, 6.07) is 10.3. The van der Waals surface area contributed by atoms with Crippen molar-refractivity contribution in [3.63, 3.8) is 0 Å². The van der Waals surface area contributed by atoms with E-state index < -0.39 is 0 Å². The van der Waals surface area contributed by atoms with E-state index in [0.29, 0.717) is 10.5 Å². The summed E-state index contributed by atoms with van der Waals surface area (Å²) in [7, 11) is 0. The maximum absolute atomic E-state index is 5.87. The van der Waals surface area contributed by atoms with Crippen LogP contribution in [0.1, 0.15) is 44.1 Å². The van der Waals surface area contributed by atoms with Crippen molar-refractivity contribution in [2.75, 3.05) is 12.9 Å². The number of hydrogen-bond donors (Lipinski definition) is 0. The number of unbranched alkanes of at least 4 members (excludes halogenated alkanes) is 2. The van der Waals surface area contributed by atoms with Crippen LogP contribution in [0, 0.1) is 5.92 Å². The Balaban J connectivity index is 1.50. The van der Waals surface area contributed by atoms with E-state index in [0.717, 1.165) is 32.0 Å². The van der Waals surface area contributed by atoms with Gasteiger partial charge in [-0.1, -0.05) is 48.5 Å². The maximum atomic E-state index is 5.87. The summed E-state index contributed by atoms with van der Waals surface area (Å²) in [5, 5.41) is 0. The van der Waals surface area contributed by atoms with Gasteiger partial charge in [0.15, 0.2) is 0 Å². The summed E-state index contributed by atoms with van der Waals surface area (Å²) in [5.41, 5.74) is 1.25. The minimum Gasteiger partial charge on any atom is -0.475 e. The van der Waals surface area contributed by atoms with Gasteiger partial charge in [0.1, 0.15) is 6.10 Å². The first-order chi connectivity index (χ1) is 10.8. The Morgan fingerprint density at radius 2 is 2.00 bits per heavy atom. The van der Waals surface area contributed by atoms with Gasteiger partial charge in [0.05, 0.1) is 6.61 Å². The average molecular weight is 339 g/mol. The summed E-state index contributed by atoms with van der Waals surface area (Å²) < 4.78 is 12.3. The summed E-state index contributed by atoms with van der Waals surface area (Å²) in [6.45, 7) is 1.56. The SMILES string of the molecule is CSC(=S)OC(CCCCCOCc1ccccc1)C1CC1. The van der Waals surface area contributed by atoms with Crippen LogP contribution >= 0.6 is 24.0 Å². The van der Waals surface area contributed by atoms with E-state index >= 15 is 0 Å². The second-order valence-electron chi connectivity index (χ2n) is 5.84. The van der Waals surface area contributed by atoms with Crippen LogP contribution in [0.3, 0.4) is 0 Å². The lowest BCUT2D eigenvalue weighted by Crippen LogP contribution is -2.17. The molecular formula is C18H26O2S2. The van der Waals surface area contributed by atoms with Gasteiger partial charge in [-0.15, -0.1) is 0 Å². The zero-order chi connectivity index (χ0) is 15.6. The fraction of sp³-hybridized carbons (Fsp3) is 0.611. The second-order valence-corrected chi connectivity index (χ2v) is 7.24. The molecule has 4 heteroatoms. The van der Waals surface area contributed by atoms with Gasteiger partial charge in [-0.25, -0.2) is 0 Å². The van der Waals surface area contributed by atoms with Gasteiger partial charge in [0.25, 0.3) is 0 Å². The van der Waals surface area contributed by atoms with Crippen LogP contribution in [-0.2, 0) is 16.1 Å². The fourth-order valence-corrected chi connectivity index (χ4v) is 2.86. The largest absolute Gasteiger partial charge is 0.475 e. The number of thioether (sulfide) groups is 1. The molecule has 1 aliphatic rings. The molecule has 0 aliphatic heterocycles. The predicted octanol–water partition coefficient (Wildman–Crippen LogP) is 5.21. The van der Waals surface area contributed by atoms with Gasteiger partial charge >= 0.3 is 0 Å². The highest BCUT2D eigenvalue weighted by Gasteiger charge is 2.32. The first kappa shape index (κ1) is 17.8. The zero-order valence-electron chi connectivity index (χ0n) is 13.3. The molecule has 0 amide bonds. The van der Waals surface area contributed by atoms with Crippen LogP contribution < -0.4 is 0 Å². The monoisotopic (exact) mass is 338 g/mol. The smallest absolute Gasteiger partial charge is 0.219 e. The molecule has 2 rings (SSSR count). The van der Waals surface area contributed by atoms with Gasteiger partial charge in [-0.05, 0) is 62.1 Å². The molecule has 1 aliphatic carbocycles. The summed E-state index contributed by atoms with van der Waals surface area (Å²) in [6.07, 6.45) is 9.60. The van der Waals surface area contributed by atoms with Crippen molar-refractivity contribution in [1.29, 1.82) is 0 Å². The molecule has 0 heterocycles. The van der Waals surface area contributed by atoms with Crippen molar-refractivity contribution in [3.8, 4) is 0 Å². The van der Waals surface area contributed by atoms with E-state index in [-0.39, 0.29) is 0 Å². The van der Waals surface area contributed by atoms with Crippen LogP contribution in [0.25, 0.3) is 0 Å². The first-order valence-electron chi connectivity index (χ1n) is 8.16. The molecule has 1 aromatic carbocycles. The predicted molar refractivity (Wildman–Crippen MR) is 98.3 cm³/mol. The molecule has 0 saturated heterocycles. The Bertz CT molecular complexity index is 432. The van der Waals surface area contributed by atoms with Gasteiger partial charge in [0.2, 0.25) is 4.38 Å². The molecule has 0 aromatic heterocycles. The minimum atomic E-state index is 0.352. The third kappa shape index (κ3) is 7.12. The second kappa shape index (κ2) is 10.2. The minimum absolute atomic E-state index is 0.352. The number of ether oxygens (including phenoxy) is 2. The van der Waals surface area contributed by atoms with Crippen molar-refractivity contribution >= 4 is 28.4 Å². The Morgan fingerprint density at radius 1 is 1.23 bits per heavy atom. The number of thiocarbonyl (C=S) groups is 1. The van der Waals surface area contributed by atoms with Gasteiger partial charge in [-0.2, -0.15) is 0 Å². The standard InChI is InChI=1S/C18H26O2S2/c1-22-18(21)20-17(16-11-12-16)10-6-3-7-13-19-14-15-8-4-2-5-9-15/h2,4-5,8-9,16-17H,3,6-7,10-14H2,1H3. The summed E-state index contributed by atoms with van der Waals surface area (Å²) in [5.74, 6) is 0.749. The lowest BCUT2D eigenvalue weighted by molar-refractivity contribution is 0.114. The van der Waals surface area contributed by atoms with E-state index in [2.05, 4.69) is 24.3 Å². The van der Waals surface area contributed by atoms with Crippen LogP contribution in [0.5, 0.6) is 0 Å². The van der Waals surface area contributed by atoms with Crippen molar-refractivity contribution in [2.24, 2.45) is 5.92 Å². The van der Waals surface area contributed by atoms with Crippen molar-refractivity contribution in [2.45, 2.75) is 51.2 Å². The van der Waals surface area contributed by atoms with Crippen molar-refractivity contribution < 1.29 is 9.47 Å². The summed E-state index contributed by atoms with van der Waals surface area (Å²) in [4.78, 5) is 0. The molecule has 0 radical (unpaired) electrons. The van der Waals surface area contributed by atoms with E-state index in [1.165, 1.54) is 43.0 Å². The topological polar surface area (TPSA) is 18.5 Å². The number of hydrogen-bond acceptors (Lipinski definition) is 4. The molecule has 1 saturated carbocycles. The molecule has 0 bridgehead atoms. The fourth-order valence-electron chi connectivity index (χ4n) is 2.52. The Kier molecular flexibility index (Phi) is 8.27. The van der Waals surface area contributed by atoms with Crippen molar-refractivity contribution in [3.05, 3.63) is 35.9 Å². The molecule has 0 spiro atoms. The molecule has 1 fully saturated rings. The molecule has 2 nitrogen and oxygen atoms in total. The first-order valence-corrected chi connectivity index (χ1v) is 9.79. The Morgan fingerprint density at radius 3 is 2.68 bits per heavy atom. The normalized spacial score (nSPS) is 15.5. The van der Waals surface area contributed by atoms with Crippen LogP contribution in [0.2, 0.25) is 0 Å². The summed E-state index contributed by atoms with van der Waals surface area (Å²) >= 11 is 6.72. The van der Waals surface area contributed by atoms with Crippen molar-refractivity contribution in [1.82, 2.24) is 0 Å². The quantitative estimate of drug-likeness (QED) is 0.430. The number of rotatable bonds is 10. The van der Waals surface area contributed by atoms with E-state index in [1.54, 1.807) is 0 Å². The van der Waals surface area contributed by atoms with Crippen LogP contribution in [-0.4, -0.2) is 23.3 Å². The Hall–Kier alpha value is -0.580. The van der Waals surface area contributed by atoms with Gasteiger partial charge in [0, 0.05) is 6.61 Å². The van der Waals surface area contributed by atoms with Gasteiger partial charge in [-0.3, -0.25) is 0 Å². The third-order valence-electron chi connectivity index (χ3n) is 3.95. The lowest BCUT2D eigenvalue weighted by Gasteiger charge is -2.18. The van der Waals surface area contributed by atoms with E-state index in [4.69, 9.17) is 21.7 Å². The highest BCUT2D eigenvalue weighted by atomic mass is 32.2. The Labute approximate surface area is 144 Å². The molecule has 0 N–H and O–H groups in total. The highest BCUT2D eigenvalue weighted by Crippen LogP contribution is 2.37. The number of benzene rings is 1. The highest BCUT2D eigenvalue weighted by molar-refractivity contribution is 8.22. The van der Waals surface area contributed by atoms with Gasteiger partial charge < -0.3 is 9.47 Å². The van der Waals surface area contributed by atoms with Crippen LogP contribution in [0.15, 0.2) is 30.3 Å². The lowest BCUT2D eigenvalue weighted by atomic mass is 10.1. The maximum Gasteiger partial charge on any atom is 0.219 e. The van der Waals surface area contributed by atoms with E-state index in [1.807, 2.05) is 12.3 Å². The molecule has 1 unspecified atom stereocenters. The molecule has 22 heavy (non-hydrogen) atoms. The molecule has 122 valence electrons. The molecule has 1 atom stereocenters. The average Bonchev–Trinajstić information content (AvgIpc) is 3.38. The van der Waals surface area contributed by atoms with Crippen LogP contribution in [0.4, 0.5) is 0 Å². The zero-order valence-corrected chi connectivity index (χ0v) is 15.0.